The minimum absolute atomic E-state index is 0.0375. The molecule has 40 heavy (non-hydrogen) atoms. The monoisotopic (exact) mass is 571 g/mol. The summed E-state index contributed by atoms with van der Waals surface area (Å²) < 4.78 is 67.3. The number of benzene rings is 3. The fraction of sp³-hybridized carbons (Fsp3) is 0.300. The quantitative estimate of drug-likeness (QED) is 0.248. The number of sulfonamides is 1. The standard InChI is InChI=1S/C30H32F3N3O3S/c1-21(2)36(40(38,39)26-14-8-22(3)9-15-26)20-29(37)35(19-23-10-12-25(13-11-23)30(31,32)33)17-16-24-18-34-28-7-5-4-6-27(24)28/h4-15,18,21,34H,16-17,19-20H2,1-3H3. The number of nitrogens with zero attached hydrogens (tertiary/aromatic N) is 2. The van der Waals surface area contributed by atoms with Gasteiger partial charge in [0.15, 0.2) is 0 Å². The summed E-state index contributed by atoms with van der Waals surface area (Å²) in [5.74, 6) is -0.441. The number of amides is 1. The van der Waals surface area contributed by atoms with E-state index in [1.54, 1.807) is 26.0 Å². The summed E-state index contributed by atoms with van der Waals surface area (Å²) in [6.07, 6.45) is -2.12. The Kier molecular flexibility index (Phi) is 8.70. The Hall–Kier alpha value is -3.63. The van der Waals surface area contributed by atoms with Crippen molar-refractivity contribution >= 4 is 26.8 Å². The predicted octanol–water partition coefficient (Wildman–Crippen LogP) is 6.17. The van der Waals surface area contributed by atoms with Crippen LogP contribution in [0.2, 0.25) is 0 Å². The number of carbonyl (C=O) groups is 1. The van der Waals surface area contributed by atoms with Crippen molar-refractivity contribution in [3.05, 3.63) is 101 Å². The average Bonchev–Trinajstić information content (AvgIpc) is 3.32. The van der Waals surface area contributed by atoms with Gasteiger partial charge in [-0.3, -0.25) is 4.79 Å². The van der Waals surface area contributed by atoms with Gasteiger partial charge in [0.05, 0.1) is 17.0 Å². The van der Waals surface area contributed by atoms with Crippen LogP contribution in [0, 0.1) is 6.92 Å². The van der Waals surface area contributed by atoms with E-state index in [0.717, 1.165) is 38.5 Å². The molecule has 0 saturated carbocycles. The van der Waals surface area contributed by atoms with Gasteiger partial charge in [0.1, 0.15) is 0 Å². The molecule has 0 radical (unpaired) electrons. The first-order valence-corrected chi connectivity index (χ1v) is 14.4. The zero-order valence-electron chi connectivity index (χ0n) is 22.6. The number of rotatable bonds is 10. The molecule has 0 unspecified atom stereocenters. The van der Waals surface area contributed by atoms with E-state index in [9.17, 15) is 26.4 Å². The zero-order chi connectivity index (χ0) is 29.1. The maximum atomic E-state index is 13.7. The molecule has 1 heterocycles. The van der Waals surface area contributed by atoms with E-state index in [0.29, 0.717) is 12.0 Å². The molecule has 1 N–H and O–H groups in total. The minimum Gasteiger partial charge on any atom is -0.361 e. The van der Waals surface area contributed by atoms with E-state index in [-0.39, 0.29) is 18.0 Å². The van der Waals surface area contributed by atoms with Crippen LogP contribution in [0.25, 0.3) is 10.9 Å². The molecule has 0 spiro atoms. The summed E-state index contributed by atoms with van der Waals surface area (Å²) >= 11 is 0. The van der Waals surface area contributed by atoms with E-state index in [4.69, 9.17) is 0 Å². The Bertz CT molecular complexity index is 1560. The number of aromatic nitrogens is 1. The first-order valence-electron chi connectivity index (χ1n) is 12.9. The number of halogens is 3. The molecule has 10 heteroatoms. The van der Waals surface area contributed by atoms with Crippen LogP contribution >= 0.6 is 0 Å². The van der Waals surface area contributed by atoms with Crippen molar-refractivity contribution < 1.29 is 26.4 Å². The van der Waals surface area contributed by atoms with Crippen molar-refractivity contribution in [2.24, 2.45) is 0 Å². The average molecular weight is 572 g/mol. The van der Waals surface area contributed by atoms with Crippen LogP contribution < -0.4 is 0 Å². The number of alkyl halides is 3. The first kappa shape index (κ1) is 29.4. The second kappa shape index (κ2) is 11.9. The topological polar surface area (TPSA) is 73.5 Å². The molecule has 0 aliphatic heterocycles. The molecule has 0 saturated heterocycles. The third kappa shape index (κ3) is 6.74. The Labute approximate surface area is 232 Å². The smallest absolute Gasteiger partial charge is 0.361 e. The Balaban J connectivity index is 1.60. The van der Waals surface area contributed by atoms with Gasteiger partial charge in [-0.1, -0.05) is 48.0 Å². The molecule has 0 aliphatic rings. The Morgan fingerprint density at radius 2 is 1.60 bits per heavy atom. The van der Waals surface area contributed by atoms with Crippen molar-refractivity contribution in [1.29, 1.82) is 0 Å². The lowest BCUT2D eigenvalue weighted by Gasteiger charge is -2.29. The molecule has 1 amide bonds. The van der Waals surface area contributed by atoms with E-state index in [2.05, 4.69) is 4.98 Å². The number of fused-ring (bicyclic) bond motifs is 1. The number of hydrogen-bond acceptors (Lipinski definition) is 3. The van der Waals surface area contributed by atoms with Gasteiger partial charge in [0.25, 0.3) is 0 Å². The highest BCUT2D eigenvalue weighted by Crippen LogP contribution is 2.29. The fourth-order valence-electron chi connectivity index (χ4n) is 4.53. The zero-order valence-corrected chi connectivity index (χ0v) is 23.4. The minimum atomic E-state index is -4.47. The van der Waals surface area contributed by atoms with E-state index < -0.39 is 40.3 Å². The van der Waals surface area contributed by atoms with Gasteiger partial charge in [-0.05, 0) is 68.7 Å². The van der Waals surface area contributed by atoms with Crippen molar-refractivity contribution in [1.82, 2.24) is 14.2 Å². The van der Waals surface area contributed by atoms with Gasteiger partial charge < -0.3 is 9.88 Å². The third-order valence-electron chi connectivity index (χ3n) is 6.83. The number of hydrogen-bond donors (Lipinski definition) is 1. The highest BCUT2D eigenvalue weighted by atomic mass is 32.2. The van der Waals surface area contributed by atoms with Crippen LogP contribution in [0.15, 0.2) is 83.9 Å². The summed E-state index contributed by atoms with van der Waals surface area (Å²) in [7, 11) is -3.97. The fourth-order valence-corrected chi connectivity index (χ4v) is 6.12. The number of carbonyl (C=O) groups excluding carboxylic acids is 1. The van der Waals surface area contributed by atoms with Gasteiger partial charge in [-0.2, -0.15) is 17.5 Å². The number of aryl methyl sites for hydroxylation is 1. The molecule has 6 nitrogen and oxygen atoms in total. The van der Waals surface area contributed by atoms with Gasteiger partial charge in [0, 0.05) is 36.2 Å². The molecule has 1 aromatic heterocycles. The highest BCUT2D eigenvalue weighted by molar-refractivity contribution is 7.89. The molecule has 0 bridgehead atoms. The van der Waals surface area contributed by atoms with Gasteiger partial charge in [0.2, 0.25) is 15.9 Å². The lowest BCUT2D eigenvalue weighted by atomic mass is 10.1. The first-order chi connectivity index (χ1) is 18.9. The second-order valence-electron chi connectivity index (χ2n) is 10.1. The number of nitrogens with one attached hydrogen (secondary N) is 1. The van der Waals surface area contributed by atoms with Crippen LogP contribution in [0.3, 0.4) is 0 Å². The highest BCUT2D eigenvalue weighted by Gasteiger charge is 2.32. The maximum Gasteiger partial charge on any atom is 0.416 e. The SMILES string of the molecule is Cc1ccc(S(=O)(=O)N(CC(=O)N(CCc2c[nH]c3ccccc23)Cc2ccc(C(F)(F)F)cc2)C(C)C)cc1. The molecular formula is C30H32F3N3O3S. The van der Waals surface area contributed by atoms with Crippen molar-refractivity contribution in [3.63, 3.8) is 0 Å². The van der Waals surface area contributed by atoms with E-state index >= 15 is 0 Å². The molecule has 0 fully saturated rings. The Morgan fingerprint density at radius 1 is 0.950 bits per heavy atom. The second-order valence-corrected chi connectivity index (χ2v) is 12.0. The lowest BCUT2D eigenvalue weighted by Crippen LogP contribution is -2.46. The summed E-state index contributed by atoms with van der Waals surface area (Å²) in [5, 5.41) is 1.01. The molecule has 3 aromatic carbocycles. The largest absolute Gasteiger partial charge is 0.416 e. The summed E-state index contributed by atoms with van der Waals surface area (Å²) in [5.41, 5.74) is 2.58. The maximum absolute atomic E-state index is 13.7. The van der Waals surface area contributed by atoms with Gasteiger partial charge in [-0.25, -0.2) is 8.42 Å². The normalized spacial score (nSPS) is 12.4. The summed E-state index contributed by atoms with van der Waals surface area (Å²) in [4.78, 5) is 18.5. The summed E-state index contributed by atoms with van der Waals surface area (Å²) in [6.45, 7) is 5.14. The van der Waals surface area contributed by atoms with Gasteiger partial charge >= 0.3 is 6.18 Å². The number of H-pyrrole nitrogens is 1. The van der Waals surface area contributed by atoms with Crippen LogP contribution in [0.4, 0.5) is 13.2 Å². The number of para-hydroxylation sites is 1. The van der Waals surface area contributed by atoms with Crippen molar-refractivity contribution in [2.75, 3.05) is 13.1 Å². The molecule has 212 valence electrons. The van der Waals surface area contributed by atoms with Crippen LogP contribution in [0.1, 0.15) is 36.1 Å². The number of aromatic amines is 1. The summed E-state index contributed by atoms with van der Waals surface area (Å²) in [6, 6.07) is 18.3. The predicted molar refractivity (Wildman–Crippen MR) is 149 cm³/mol. The van der Waals surface area contributed by atoms with Crippen molar-refractivity contribution in [2.45, 2.75) is 50.9 Å². The van der Waals surface area contributed by atoms with E-state index in [1.165, 1.54) is 29.2 Å². The van der Waals surface area contributed by atoms with E-state index in [1.807, 2.05) is 37.4 Å². The van der Waals surface area contributed by atoms with Crippen molar-refractivity contribution in [3.8, 4) is 0 Å². The van der Waals surface area contributed by atoms with Crippen LogP contribution in [0.5, 0.6) is 0 Å². The van der Waals surface area contributed by atoms with Crippen LogP contribution in [-0.2, 0) is 34.0 Å². The van der Waals surface area contributed by atoms with Crippen LogP contribution in [-0.4, -0.2) is 47.6 Å². The third-order valence-corrected chi connectivity index (χ3v) is 8.86. The Morgan fingerprint density at radius 3 is 2.23 bits per heavy atom. The lowest BCUT2D eigenvalue weighted by molar-refractivity contribution is -0.137. The molecule has 4 aromatic rings. The molecule has 0 atom stereocenters. The van der Waals surface area contributed by atoms with Gasteiger partial charge in [-0.15, -0.1) is 0 Å². The molecule has 0 aliphatic carbocycles. The molecule has 4 rings (SSSR count). The molecular weight excluding hydrogens is 539 g/mol.